The average Bonchev–Trinajstić information content (AvgIpc) is 2.93. The Kier molecular flexibility index (Phi) is 7.05. The first-order chi connectivity index (χ1) is 14.6. The standard InChI is InChI=1S/C24H42O7/c1-14(2)25-12-18(13-26-15(3)4)27-21-17(6)20-9-8-16(5)19-10-11-23(7)29-22(28-21)24(19,20)31-30-23/h14-22H,8-13H2,1-7H3/t16-,17-,19+,20+,21+,22-,23-,24-/m1/s1. The second-order valence-electron chi connectivity index (χ2n) is 10.8. The molecule has 31 heavy (non-hydrogen) atoms. The Morgan fingerprint density at radius 2 is 1.58 bits per heavy atom. The van der Waals surface area contributed by atoms with Crippen molar-refractivity contribution in [2.24, 2.45) is 23.7 Å². The number of ether oxygens (including phenoxy) is 5. The summed E-state index contributed by atoms with van der Waals surface area (Å²) in [4.78, 5) is 12.1. The van der Waals surface area contributed by atoms with Crippen LogP contribution in [0.2, 0.25) is 0 Å². The van der Waals surface area contributed by atoms with Crippen LogP contribution < -0.4 is 0 Å². The molecular weight excluding hydrogens is 400 g/mol. The van der Waals surface area contributed by atoms with E-state index in [1.165, 1.54) is 6.42 Å². The monoisotopic (exact) mass is 442 g/mol. The molecule has 180 valence electrons. The van der Waals surface area contributed by atoms with Crippen LogP contribution in [0.4, 0.5) is 0 Å². The molecule has 5 aliphatic rings. The fourth-order valence-electron chi connectivity index (χ4n) is 5.94. The molecule has 1 spiro atoms. The Bertz CT molecular complexity index is 601. The van der Waals surface area contributed by atoms with Crippen LogP contribution in [-0.2, 0) is 33.5 Å². The van der Waals surface area contributed by atoms with Crippen molar-refractivity contribution in [3.63, 3.8) is 0 Å². The Balaban J connectivity index is 1.55. The second kappa shape index (κ2) is 9.16. The van der Waals surface area contributed by atoms with Crippen molar-refractivity contribution in [3.8, 4) is 0 Å². The van der Waals surface area contributed by atoms with Crippen molar-refractivity contribution in [1.29, 1.82) is 0 Å². The zero-order chi connectivity index (χ0) is 22.4. The molecule has 0 N–H and O–H groups in total. The van der Waals surface area contributed by atoms with E-state index >= 15 is 0 Å². The van der Waals surface area contributed by atoms with Gasteiger partial charge >= 0.3 is 0 Å². The van der Waals surface area contributed by atoms with E-state index in [0.29, 0.717) is 25.0 Å². The third-order valence-corrected chi connectivity index (χ3v) is 7.65. The molecular formula is C24H42O7. The summed E-state index contributed by atoms with van der Waals surface area (Å²) in [6, 6.07) is 0. The predicted molar refractivity (Wildman–Crippen MR) is 114 cm³/mol. The Hall–Kier alpha value is -0.280. The molecule has 0 radical (unpaired) electrons. The van der Waals surface area contributed by atoms with Gasteiger partial charge < -0.3 is 23.7 Å². The molecule has 4 saturated heterocycles. The molecule has 1 aliphatic carbocycles. The summed E-state index contributed by atoms with van der Waals surface area (Å²) in [6.45, 7) is 15.5. The Morgan fingerprint density at radius 3 is 2.23 bits per heavy atom. The minimum atomic E-state index is -0.774. The van der Waals surface area contributed by atoms with E-state index in [4.69, 9.17) is 33.5 Å². The van der Waals surface area contributed by atoms with Gasteiger partial charge in [-0.3, -0.25) is 0 Å². The van der Waals surface area contributed by atoms with Crippen LogP contribution in [0, 0.1) is 23.7 Å². The molecule has 7 heteroatoms. The Morgan fingerprint density at radius 1 is 0.903 bits per heavy atom. The van der Waals surface area contributed by atoms with Gasteiger partial charge in [0.05, 0.1) is 25.4 Å². The summed E-state index contributed by atoms with van der Waals surface area (Å²) in [5.74, 6) is 0.516. The van der Waals surface area contributed by atoms with Crippen molar-refractivity contribution >= 4 is 0 Å². The molecule has 8 atom stereocenters. The summed E-state index contributed by atoms with van der Waals surface area (Å²) < 4.78 is 31.2. The third kappa shape index (κ3) is 4.57. The highest BCUT2D eigenvalue weighted by Gasteiger charge is 2.69. The summed E-state index contributed by atoms with van der Waals surface area (Å²) >= 11 is 0. The van der Waals surface area contributed by atoms with E-state index in [1.54, 1.807) is 0 Å². The topological polar surface area (TPSA) is 64.6 Å². The van der Waals surface area contributed by atoms with Crippen LogP contribution in [0.15, 0.2) is 0 Å². The van der Waals surface area contributed by atoms with E-state index in [-0.39, 0.29) is 30.1 Å². The molecule has 0 aromatic carbocycles. The van der Waals surface area contributed by atoms with Gasteiger partial charge in [0, 0.05) is 18.3 Å². The maximum Gasteiger partial charge on any atom is 0.201 e. The van der Waals surface area contributed by atoms with Gasteiger partial charge in [-0.25, -0.2) is 9.78 Å². The first-order valence-corrected chi connectivity index (χ1v) is 12.2. The summed E-state index contributed by atoms with van der Waals surface area (Å²) in [7, 11) is 0. The highest BCUT2D eigenvalue weighted by atomic mass is 17.3. The maximum absolute atomic E-state index is 6.54. The first-order valence-electron chi connectivity index (χ1n) is 12.2. The molecule has 2 bridgehead atoms. The fraction of sp³-hybridized carbons (Fsp3) is 1.00. The zero-order valence-electron chi connectivity index (χ0n) is 20.3. The van der Waals surface area contributed by atoms with Gasteiger partial charge in [0.2, 0.25) is 5.79 Å². The molecule has 0 aromatic rings. The number of fused-ring (bicyclic) bond motifs is 2. The molecule has 1 saturated carbocycles. The van der Waals surface area contributed by atoms with Gasteiger partial charge in [-0.05, 0) is 65.7 Å². The minimum Gasteiger partial charge on any atom is -0.376 e. The lowest BCUT2D eigenvalue weighted by atomic mass is 9.58. The molecule has 0 amide bonds. The third-order valence-electron chi connectivity index (χ3n) is 7.65. The van der Waals surface area contributed by atoms with E-state index in [9.17, 15) is 0 Å². The number of hydrogen-bond donors (Lipinski definition) is 0. The van der Waals surface area contributed by atoms with E-state index < -0.39 is 24.0 Å². The van der Waals surface area contributed by atoms with Gasteiger partial charge in [0.15, 0.2) is 18.2 Å². The molecule has 0 unspecified atom stereocenters. The van der Waals surface area contributed by atoms with Gasteiger partial charge in [0.1, 0.15) is 6.10 Å². The van der Waals surface area contributed by atoms with Crippen molar-refractivity contribution in [3.05, 3.63) is 0 Å². The summed E-state index contributed by atoms with van der Waals surface area (Å²) in [6.07, 6.45) is 3.22. The second-order valence-corrected chi connectivity index (χ2v) is 10.8. The molecule has 4 aliphatic heterocycles. The number of hydrogen-bond acceptors (Lipinski definition) is 7. The van der Waals surface area contributed by atoms with Crippen LogP contribution in [0.1, 0.15) is 74.1 Å². The lowest BCUT2D eigenvalue weighted by Crippen LogP contribution is -2.70. The van der Waals surface area contributed by atoms with E-state index in [2.05, 4.69) is 13.8 Å². The minimum absolute atomic E-state index is 0.130. The van der Waals surface area contributed by atoms with E-state index in [1.807, 2.05) is 34.6 Å². The normalized spacial score (nSPS) is 44.7. The summed E-state index contributed by atoms with van der Waals surface area (Å²) in [5, 5.41) is 0. The highest BCUT2D eigenvalue weighted by Crippen LogP contribution is 2.60. The smallest absolute Gasteiger partial charge is 0.201 e. The van der Waals surface area contributed by atoms with Crippen LogP contribution in [-0.4, -0.2) is 55.5 Å². The van der Waals surface area contributed by atoms with Crippen LogP contribution in [0.3, 0.4) is 0 Å². The average molecular weight is 443 g/mol. The largest absolute Gasteiger partial charge is 0.376 e. The fourth-order valence-corrected chi connectivity index (χ4v) is 5.94. The van der Waals surface area contributed by atoms with Crippen LogP contribution >= 0.6 is 0 Å². The Labute approximate surface area is 187 Å². The zero-order valence-corrected chi connectivity index (χ0v) is 20.3. The van der Waals surface area contributed by atoms with Crippen molar-refractivity contribution < 1.29 is 33.5 Å². The molecule has 5 fully saturated rings. The van der Waals surface area contributed by atoms with Gasteiger partial charge in [0.25, 0.3) is 0 Å². The molecule has 0 aromatic heterocycles. The first kappa shape index (κ1) is 23.9. The highest BCUT2D eigenvalue weighted by molar-refractivity contribution is 5.09. The number of rotatable bonds is 8. The lowest BCUT2D eigenvalue weighted by molar-refractivity contribution is -0.578. The molecule has 4 heterocycles. The van der Waals surface area contributed by atoms with Gasteiger partial charge in [-0.1, -0.05) is 13.8 Å². The maximum atomic E-state index is 6.54. The summed E-state index contributed by atoms with van der Waals surface area (Å²) in [5.41, 5.74) is -0.564. The predicted octanol–water partition coefficient (Wildman–Crippen LogP) is 4.43. The van der Waals surface area contributed by atoms with Crippen molar-refractivity contribution in [2.45, 2.75) is 116 Å². The SMILES string of the molecule is CC(C)OCC(COC(C)C)O[C@H]1O[C@@H]2O[C@@]3(C)CC[C@H]4[C@H](C)CC[C@@H]([C@H]1C)[C@@]24OO3. The molecule has 7 nitrogen and oxygen atoms in total. The van der Waals surface area contributed by atoms with E-state index in [0.717, 1.165) is 19.3 Å². The molecule has 5 rings (SSSR count). The van der Waals surface area contributed by atoms with Crippen molar-refractivity contribution in [2.75, 3.05) is 13.2 Å². The van der Waals surface area contributed by atoms with Crippen LogP contribution in [0.25, 0.3) is 0 Å². The van der Waals surface area contributed by atoms with Gasteiger partial charge in [-0.15, -0.1) is 0 Å². The quantitative estimate of drug-likeness (QED) is 0.515. The lowest BCUT2D eigenvalue weighted by Gasteiger charge is -2.60. The van der Waals surface area contributed by atoms with Crippen molar-refractivity contribution in [1.82, 2.24) is 0 Å². The van der Waals surface area contributed by atoms with Crippen LogP contribution in [0.5, 0.6) is 0 Å². The van der Waals surface area contributed by atoms with Gasteiger partial charge in [-0.2, -0.15) is 0 Å².